The first-order valence-corrected chi connectivity index (χ1v) is 21.3. The van der Waals surface area contributed by atoms with Crippen LogP contribution < -0.4 is 0 Å². The summed E-state index contributed by atoms with van der Waals surface area (Å²) in [7, 11) is 0. The molecule has 2 heterocycles. The molecule has 1 unspecified atom stereocenters. The van der Waals surface area contributed by atoms with E-state index in [-0.39, 0.29) is 47.7 Å². The van der Waals surface area contributed by atoms with Crippen LogP contribution in [-0.4, -0.2) is 74.3 Å². The van der Waals surface area contributed by atoms with E-state index >= 15 is 0 Å². The quantitative estimate of drug-likeness (QED) is 0.227. The van der Waals surface area contributed by atoms with Gasteiger partial charge in [0.15, 0.2) is 17.3 Å². The maximum absolute atomic E-state index is 14.5. The molecular weight excluding hydrogens is 930 g/mol. The van der Waals surface area contributed by atoms with E-state index in [2.05, 4.69) is 0 Å². The summed E-state index contributed by atoms with van der Waals surface area (Å²) in [4.78, 5) is 74.0. The predicted octanol–water partition coefficient (Wildman–Crippen LogP) is 8.27. The second-order valence-corrected chi connectivity index (χ2v) is 18.4. The minimum Gasteiger partial charge on any atom is -0.383 e. The first-order valence-electron chi connectivity index (χ1n) is 19.1. The summed E-state index contributed by atoms with van der Waals surface area (Å²) in [6.45, 7) is 14.6. The number of rotatable bonds is 11. The largest absolute Gasteiger partial charge is 0.383 e. The van der Waals surface area contributed by atoms with Crippen molar-refractivity contribution in [3.05, 3.63) is 126 Å². The molecule has 0 saturated heterocycles. The summed E-state index contributed by atoms with van der Waals surface area (Å²) in [6, 6.07) is 19.0. The van der Waals surface area contributed by atoms with Gasteiger partial charge in [-0.1, -0.05) is 116 Å². The molecule has 0 fully saturated rings. The zero-order valence-electron chi connectivity index (χ0n) is 33.0. The predicted molar refractivity (Wildman–Crippen MR) is 236 cm³/mol. The number of hydrogen-bond donors (Lipinski definition) is 1. The SMILES string of the molecule is CC(C)C1=CC2(C=C(C(C)C)C1=O)C(c1ccccc1)=C(I)C(=O)N2CC(=O)C(O)CN1C(=O)C(I)=C(c2ccccc2)C12C=C(C(C)C)C(=O)C(C(C)C)=C2. The Hall–Kier alpha value is -3.75. The highest BCUT2D eigenvalue weighted by Gasteiger charge is 2.55. The molecule has 8 nitrogen and oxygen atoms in total. The molecule has 0 bridgehead atoms. The van der Waals surface area contributed by atoms with Crippen molar-refractivity contribution in [3.63, 3.8) is 0 Å². The molecule has 2 aromatic carbocycles. The number of amides is 2. The molecule has 0 aromatic heterocycles. The summed E-state index contributed by atoms with van der Waals surface area (Å²) in [5, 5.41) is 11.9. The molecule has 6 rings (SSSR count). The first-order chi connectivity index (χ1) is 26.4. The smallest absolute Gasteiger partial charge is 0.262 e. The van der Waals surface area contributed by atoms with Gasteiger partial charge in [-0.15, -0.1) is 0 Å². The van der Waals surface area contributed by atoms with Gasteiger partial charge in [-0.3, -0.25) is 24.0 Å². The number of β-amino-alcohol motifs (C(OH)–C–C–N with tert-alkyl or cyclic N) is 1. The third-order valence-electron chi connectivity index (χ3n) is 11.2. The number of hydrogen-bond acceptors (Lipinski definition) is 6. The zero-order chi connectivity index (χ0) is 41.0. The normalized spacial score (nSPS) is 20.1. The lowest BCUT2D eigenvalue weighted by Crippen LogP contribution is -2.55. The van der Waals surface area contributed by atoms with Crippen molar-refractivity contribution in [2.24, 2.45) is 23.7 Å². The van der Waals surface area contributed by atoms with Crippen molar-refractivity contribution in [3.8, 4) is 0 Å². The molecule has 1 atom stereocenters. The van der Waals surface area contributed by atoms with Crippen LogP contribution in [0.1, 0.15) is 66.5 Å². The van der Waals surface area contributed by atoms with Crippen LogP contribution >= 0.6 is 45.2 Å². The number of aliphatic hydroxyl groups excluding tert-OH is 1. The monoisotopic (exact) mass is 978 g/mol. The number of carbonyl (C=O) groups excluding carboxylic acids is 5. The molecule has 10 heteroatoms. The maximum atomic E-state index is 14.5. The van der Waals surface area contributed by atoms with Gasteiger partial charge in [0.1, 0.15) is 17.2 Å². The fourth-order valence-corrected chi connectivity index (χ4v) is 10.3. The van der Waals surface area contributed by atoms with E-state index in [0.717, 1.165) is 11.1 Å². The molecule has 0 saturated carbocycles. The van der Waals surface area contributed by atoms with Gasteiger partial charge in [0.05, 0.1) is 20.2 Å². The molecule has 2 aliphatic carbocycles. The standard InChI is InChI=1S/C46H48I2N2O6/c1-25(2)31-19-45(20-32(26(3)4)41(31)53)37(29-15-11-9-12-16-29)39(47)43(55)49(45)23-35(51)36(52)24-50-44(56)40(48)38(30-17-13-10-14-18-30)46(50)21-33(27(5)6)42(54)34(22-46)28(7)8/h9-22,25-28,35,51H,23-24H2,1-8H3. The average Bonchev–Trinajstić information content (AvgIpc) is 3.47. The highest BCUT2D eigenvalue weighted by molar-refractivity contribution is 14.1. The molecule has 2 aromatic rings. The number of allylic oxidation sites excluding steroid dienone is 4. The van der Waals surface area contributed by atoms with Crippen molar-refractivity contribution in [1.82, 2.24) is 9.80 Å². The number of halogens is 2. The summed E-state index contributed by atoms with van der Waals surface area (Å²) in [5.74, 6) is -2.27. The number of ketones is 3. The summed E-state index contributed by atoms with van der Waals surface area (Å²) < 4.78 is 0.833. The van der Waals surface area contributed by atoms with Crippen LogP contribution in [0.3, 0.4) is 0 Å². The lowest BCUT2D eigenvalue weighted by molar-refractivity contribution is -0.139. The lowest BCUT2D eigenvalue weighted by atomic mass is 9.73. The molecule has 4 aliphatic rings. The lowest BCUT2D eigenvalue weighted by Gasteiger charge is -2.42. The van der Waals surface area contributed by atoms with Gasteiger partial charge in [-0.2, -0.15) is 0 Å². The summed E-state index contributed by atoms with van der Waals surface area (Å²) in [6.07, 6.45) is 5.62. The third-order valence-corrected chi connectivity index (χ3v) is 13.2. The number of aliphatic hydroxyl groups is 1. The Kier molecular flexibility index (Phi) is 11.9. The van der Waals surface area contributed by atoms with E-state index in [4.69, 9.17) is 0 Å². The van der Waals surface area contributed by atoms with E-state index in [1.807, 2.05) is 186 Å². The summed E-state index contributed by atoms with van der Waals surface area (Å²) >= 11 is 4.08. The van der Waals surface area contributed by atoms with E-state index in [9.17, 15) is 29.1 Å². The van der Waals surface area contributed by atoms with Gasteiger partial charge in [-0.05, 0) is 104 Å². The van der Waals surface area contributed by atoms with Crippen LogP contribution in [0.2, 0.25) is 0 Å². The molecule has 1 N–H and O–H groups in total. The molecule has 56 heavy (non-hydrogen) atoms. The van der Waals surface area contributed by atoms with Crippen LogP contribution in [-0.2, 0) is 24.0 Å². The van der Waals surface area contributed by atoms with Gasteiger partial charge in [0.2, 0.25) is 0 Å². The van der Waals surface area contributed by atoms with Crippen molar-refractivity contribution in [2.75, 3.05) is 13.1 Å². The maximum Gasteiger partial charge on any atom is 0.262 e. The Morgan fingerprint density at radius 1 is 0.571 bits per heavy atom. The minimum atomic E-state index is -1.70. The molecule has 2 aliphatic heterocycles. The van der Waals surface area contributed by atoms with Crippen LogP contribution in [0.25, 0.3) is 11.1 Å². The van der Waals surface area contributed by atoms with Gasteiger partial charge in [0, 0.05) is 33.4 Å². The van der Waals surface area contributed by atoms with Gasteiger partial charge in [-0.25, -0.2) is 0 Å². The Balaban J connectivity index is 1.45. The summed E-state index contributed by atoms with van der Waals surface area (Å²) in [5.41, 5.74) is 2.57. The number of nitrogens with zero attached hydrogens (tertiary/aromatic N) is 2. The van der Waals surface area contributed by atoms with Crippen LogP contribution in [0, 0.1) is 23.7 Å². The number of carbonyl (C=O) groups is 5. The van der Waals surface area contributed by atoms with Crippen molar-refractivity contribution in [1.29, 1.82) is 0 Å². The first kappa shape index (κ1) is 41.9. The second-order valence-electron chi connectivity index (χ2n) is 16.2. The van der Waals surface area contributed by atoms with E-state index < -0.39 is 35.4 Å². The van der Waals surface area contributed by atoms with E-state index in [1.54, 1.807) is 0 Å². The second kappa shape index (κ2) is 15.9. The molecule has 2 amide bonds. The topological polar surface area (TPSA) is 112 Å². The molecule has 2 spiro atoms. The average molecular weight is 979 g/mol. The number of benzene rings is 2. The molecule has 0 radical (unpaired) electrons. The van der Waals surface area contributed by atoms with E-state index in [1.165, 1.54) is 9.80 Å². The van der Waals surface area contributed by atoms with Crippen LogP contribution in [0.5, 0.6) is 0 Å². The molecular formula is C46H48I2N2O6. The fourth-order valence-electron chi connectivity index (χ4n) is 8.25. The molecule has 292 valence electrons. The Bertz CT molecular complexity index is 2150. The van der Waals surface area contributed by atoms with Gasteiger partial charge >= 0.3 is 0 Å². The van der Waals surface area contributed by atoms with Crippen LogP contribution in [0.4, 0.5) is 0 Å². The zero-order valence-corrected chi connectivity index (χ0v) is 37.3. The van der Waals surface area contributed by atoms with E-state index in [0.29, 0.717) is 40.6 Å². The third kappa shape index (κ3) is 6.97. The number of Topliss-reactive ketones (excluding diaryl/α,β-unsaturated/α-hetero) is 3. The Morgan fingerprint density at radius 3 is 1.23 bits per heavy atom. The fraction of sp³-hybridized carbons (Fsp3) is 0.370. The highest BCUT2D eigenvalue weighted by Crippen LogP contribution is 2.52. The van der Waals surface area contributed by atoms with Gasteiger partial charge < -0.3 is 14.9 Å². The Morgan fingerprint density at radius 2 is 0.893 bits per heavy atom. The minimum absolute atomic E-state index is 0.0817. The van der Waals surface area contributed by atoms with Crippen LogP contribution in [0.15, 0.2) is 114 Å². The Labute approximate surface area is 356 Å². The van der Waals surface area contributed by atoms with Crippen molar-refractivity contribution in [2.45, 2.75) is 72.6 Å². The van der Waals surface area contributed by atoms with Crippen molar-refractivity contribution < 1.29 is 29.1 Å². The highest BCUT2D eigenvalue weighted by atomic mass is 127. The van der Waals surface area contributed by atoms with Gasteiger partial charge in [0.25, 0.3) is 11.8 Å². The van der Waals surface area contributed by atoms with Crippen molar-refractivity contribution >= 4 is 85.5 Å².